The van der Waals surface area contributed by atoms with Crippen LogP contribution in [0.25, 0.3) is 113 Å². The van der Waals surface area contributed by atoms with E-state index >= 15 is 0 Å². The number of nitrogens with zero attached hydrogens (tertiary/aromatic N) is 4. The highest BCUT2D eigenvalue weighted by molar-refractivity contribution is 7.26. The van der Waals surface area contributed by atoms with Crippen LogP contribution < -0.4 is 0 Å². The van der Waals surface area contributed by atoms with Crippen molar-refractivity contribution in [2.24, 2.45) is 0 Å². The summed E-state index contributed by atoms with van der Waals surface area (Å²) in [6.07, 6.45) is 0. The molecular weight excluding hydrogens is 733 g/mol. The predicted octanol–water partition coefficient (Wildman–Crippen LogP) is 14.4. The Morgan fingerprint density at radius 1 is 0.333 bits per heavy atom. The molecule has 266 valence electrons. The summed E-state index contributed by atoms with van der Waals surface area (Å²) in [7, 11) is 0. The molecule has 0 N–H and O–H groups in total. The van der Waals surface area contributed by atoms with Crippen molar-refractivity contribution in [1.82, 2.24) is 19.5 Å². The van der Waals surface area contributed by atoms with Gasteiger partial charge in [-0.3, -0.25) is 0 Å². The van der Waals surface area contributed by atoms with Crippen LogP contribution in [0.15, 0.2) is 182 Å². The maximum absolute atomic E-state index is 5.30. The van der Waals surface area contributed by atoms with E-state index in [1.807, 2.05) is 0 Å². The molecule has 0 aliphatic heterocycles. The van der Waals surface area contributed by atoms with Crippen molar-refractivity contribution < 1.29 is 0 Å². The molecule has 6 heteroatoms. The van der Waals surface area contributed by atoms with Gasteiger partial charge in [-0.15, -0.1) is 22.7 Å². The zero-order valence-electron chi connectivity index (χ0n) is 30.4. The smallest absolute Gasteiger partial charge is 0.165 e. The lowest BCUT2D eigenvalue weighted by molar-refractivity contribution is 1.07. The number of aromatic nitrogens is 4. The molecule has 0 aliphatic rings. The van der Waals surface area contributed by atoms with E-state index in [0.717, 1.165) is 33.4 Å². The van der Waals surface area contributed by atoms with Gasteiger partial charge in [-0.1, -0.05) is 133 Å². The molecule has 12 aromatic rings. The van der Waals surface area contributed by atoms with Crippen molar-refractivity contribution in [3.63, 3.8) is 0 Å². The number of thiophene rings is 2. The van der Waals surface area contributed by atoms with Crippen LogP contribution in [0, 0.1) is 0 Å². The summed E-state index contributed by atoms with van der Waals surface area (Å²) in [5.41, 5.74) is 8.63. The van der Waals surface area contributed by atoms with E-state index in [1.54, 1.807) is 22.7 Å². The van der Waals surface area contributed by atoms with Gasteiger partial charge in [0.25, 0.3) is 0 Å². The second-order valence-electron chi connectivity index (χ2n) is 14.4. The lowest BCUT2D eigenvalue weighted by Crippen LogP contribution is -2.01. The molecule has 0 aliphatic carbocycles. The molecule has 0 amide bonds. The predicted molar refractivity (Wildman–Crippen MR) is 242 cm³/mol. The van der Waals surface area contributed by atoms with Gasteiger partial charge in [0.15, 0.2) is 17.5 Å². The molecule has 57 heavy (non-hydrogen) atoms. The Balaban J connectivity index is 1.07. The van der Waals surface area contributed by atoms with Crippen LogP contribution in [0.4, 0.5) is 0 Å². The first-order valence-electron chi connectivity index (χ1n) is 19.0. The third-order valence-corrected chi connectivity index (χ3v) is 13.4. The van der Waals surface area contributed by atoms with E-state index in [4.69, 9.17) is 15.0 Å². The van der Waals surface area contributed by atoms with Crippen molar-refractivity contribution in [3.8, 4) is 51.0 Å². The minimum absolute atomic E-state index is 0.636. The van der Waals surface area contributed by atoms with Crippen LogP contribution in [0.3, 0.4) is 0 Å². The van der Waals surface area contributed by atoms with Crippen LogP contribution >= 0.6 is 22.7 Å². The first-order valence-corrected chi connectivity index (χ1v) is 20.6. The van der Waals surface area contributed by atoms with Crippen molar-refractivity contribution in [3.05, 3.63) is 182 Å². The molecule has 4 nitrogen and oxygen atoms in total. The van der Waals surface area contributed by atoms with Crippen molar-refractivity contribution >= 4 is 84.8 Å². The number of hydrogen-bond acceptors (Lipinski definition) is 5. The highest BCUT2D eigenvalue weighted by Gasteiger charge is 2.19. The first-order chi connectivity index (χ1) is 28.2. The van der Waals surface area contributed by atoms with E-state index in [-0.39, 0.29) is 0 Å². The Hall–Kier alpha value is -6.99. The topological polar surface area (TPSA) is 43.6 Å². The summed E-state index contributed by atoms with van der Waals surface area (Å²) in [6, 6.07) is 65.0. The van der Waals surface area contributed by atoms with Gasteiger partial charge in [0, 0.05) is 73.5 Å². The van der Waals surface area contributed by atoms with E-state index in [2.05, 4.69) is 187 Å². The molecule has 8 aromatic carbocycles. The zero-order valence-corrected chi connectivity index (χ0v) is 32.1. The van der Waals surface area contributed by atoms with Crippen LogP contribution in [0.5, 0.6) is 0 Å². The van der Waals surface area contributed by atoms with Crippen molar-refractivity contribution in [1.29, 1.82) is 0 Å². The van der Waals surface area contributed by atoms with E-state index in [1.165, 1.54) is 62.2 Å². The molecule has 4 heterocycles. The number of rotatable bonds is 5. The molecule has 0 saturated carbocycles. The number of fused-ring (bicyclic) bond motifs is 9. The third kappa shape index (κ3) is 5.22. The van der Waals surface area contributed by atoms with E-state index in [9.17, 15) is 0 Å². The first kappa shape index (κ1) is 32.3. The molecule has 0 atom stereocenters. The number of hydrogen-bond donors (Lipinski definition) is 0. The monoisotopic (exact) mass is 762 g/mol. The lowest BCUT2D eigenvalue weighted by Gasteiger charge is -2.12. The summed E-state index contributed by atoms with van der Waals surface area (Å²) in [5.74, 6) is 1.96. The van der Waals surface area contributed by atoms with Crippen LogP contribution in [-0.4, -0.2) is 19.5 Å². The molecule has 0 unspecified atom stereocenters. The third-order valence-electron chi connectivity index (χ3n) is 11.1. The fraction of sp³-hybridized carbons (Fsp3) is 0. The molecule has 4 aromatic heterocycles. The molecule has 12 rings (SSSR count). The molecule has 0 bridgehead atoms. The Kier molecular flexibility index (Phi) is 7.24. The van der Waals surface area contributed by atoms with Crippen LogP contribution in [-0.2, 0) is 0 Å². The van der Waals surface area contributed by atoms with Crippen molar-refractivity contribution in [2.45, 2.75) is 0 Å². The zero-order chi connectivity index (χ0) is 37.5. The van der Waals surface area contributed by atoms with E-state index in [0.29, 0.717) is 17.5 Å². The van der Waals surface area contributed by atoms with Gasteiger partial charge >= 0.3 is 0 Å². The van der Waals surface area contributed by atoms with E-state index < -0.39 is 0 Å². The highest BCUT2D eigenvalue weighted by Crippen LogP contribution is 2.41. The van der Waals surface area contributed by atoms with Gasteiger partial charge < -0.3 is 4.57 Å². The molecule has 0 saturated heterocycles. The normalized spacial score (nSPS) is 11.9. The van der Waals surface area contributed by atoms with Gasteiger partial charge in [-0.05, 0) is 59.7 Å². The maximum Gasteiger partial charge on any atom is 0.165 e. The SMILES string of the molecule is c1ccc(-c2ccc3c4ccccc4n(-c4cccc(-c5nc(-c6ccc7c(c6)sc6ccccc67)nc(-c6cccc7c6sc6ccccc67)n5)c4)c3c2)cc1. The fourth-order valence-electron chi connectivity index (χ4n) is 8.39. The van der Waals surface area contributed by atoms with Gasteiger partial charge in [0.2, 0.25) is 0 Å². The van der Waals surface area contributed by atoms with Gasteiger partial charge in [-0.2, -0.15) is 0 Å². The summed E-state index contributed by atoms with van der Waals surface area (Å²) < 4.78 is 7.29. The fourth-order valence-corrected chi connectivity index (χ4v) is 10.7. The largest absolute Gasteiger partial charge is 0.309 e. The highest BCUT2D eigenvalue weighted by atomic mass is 32.1. The van der Waals surface area contributed by atoms with Gasteiger partial charge in [0.05, 0.1) is 11.0 Å². The van der Waals surface area contributed by atoms with Gasteiger partial charge in [0.1, 0.15) is 0 Å². The van der Waals surface area contributed by atoms with Crippen LogP contribution in [0.1, 0.15) is 0 Å². The summed E-state index contributed by atoms with van der Waals surface area (Å²) in [4.78, 5) is 15.8. The Morgan fingerprint density at radius 2 is 0.912 bits per heavy atom. The molecular formula is C51H30N4S2. The quantitative estimate of drug-likeness (QED) is 0.175. The average Bonchev–Trinajstić information content (AvgIpc) is 3.95. The lowest BCUT2D eigenvalue weighted by atomic mass is 10.0. The average molecular weight is 763 g/mol. The Labute approximate surface area is 335 Å². The molecule has 0 spiro atoms. The molecule has 0 fully saturated rings. The summed E-state index contributed by atoms with van der Waals surface area (Å²) in [6.45, 7) is 0. The van der Waals surface area contributed by atoms with Crippen LogP contribution in [0.2, 0.25) is 0 Å². The number of benzene rings is 8. The Bertz CT molecular complexity index is 3540. The maximum atomic E-state index is 5.30. The minimum atomic E-state index is 0.636. The standard InChI is InChI=1S/C51H30N4S2/c1-2-12-31(13-3-1)32-24-26-37-36-16-4-7-21-43(36)55(44(37)29-32)35-15-10-14-33(28-35)49-52-50(34-25-27-40-38-17-5-8-22-45(38)56-47(40)30-34)54-51(53-49)42-20-11-19-41-39-18-6-9-23-46(39)57-48(41)42/h1-30H. The van der Waals surface area contributed by atoms with Gasteiger partial charge in [-0.25, -0.2) is 15.0 Å². The minimum Gasteiger partial charge on any atom is -0.309 e. The second kappa shape index (κ2) is 12.8. The second-order valence-corrected chi connectivity index (χ2v) is 16.5. The summed E-state index contributed by atoms with van der Waals surface area (Å²) >= 11 is 3.60. The number of para-hydroxylation sites is 1. The summed E-state index contributed by atoms with van der Waals surface area (Å²) in [5, 5.41) is 7.42. The van der Waals surface area contributed by atoms with Crippen molar-refractivity contribution in [2.75, 3.05) is 0 Å². The Morgan fingerprint density at radius 3 is 1.75 bits per heavy atom. The molecule has 0 radical (unpaired) electrons.